The highest BCUT2D eigenvalue weighted by Gasteiger charge is 2.51. The molecule has 3 aliphatic rings. The van der Waals surface area contributed by atoms with Gasteiger partial charge in [-0.2, -0.15) is 5.10 Å². The van der Waals surface area contributed by atoms with E-state index in [1.165, 1.54) is 5.57 Å². The zero-order valence-electron chi connectivity index (χ0n) is 28.7. The number of carbonyl (C=O) groups is 2. The van der Waals surface area contributed by atoms with Crippen molar-refractivity contribution in [3.8, 4) is 17.3 Å². The van der Waals surface area contributed by atoms with Gasteiger partial charge in [0.05, 0.1) is 29.3 Å². The molecular weight excluding hydrogens is 632 g/mol. The van der Waals surface area contributed by atoms with Gasteiger partial charge in [0, 0.05) is 51.1 Å². The normalized spacial score (nSPS) is 19.4. The highest BCUT2D eigenvalue weighted by Crippen LogP contribution is 2.42. The van der Waals surface area contributed by atoms with E-state index < -0.39 is 5.41 Å². The molecule has 258 valence electrons. The lowest BCUT2D eigenvalue weighted by Crippen LogP contribution is -2.43. The van der Waals surface area contributed by atoms with Crippen LogP contribution in [0.15, 0.2) is 67.1 Å². The van der Waals surface area contributed by atoms with Crippen LogP contribution < -0.4 is 20.8 Å². The molecule has 4 N–H and O–H groups in total. The number of benzene rings is 1. The number of nitrogens with zero attached hydrogens (tertiary/aromatic N) is 8. The van der Waals surface area contributed by atoms with E-state index in [1.54, 1.807) is 40.3 Å². The van der Waals surface area contributed by atoms with Gasteiger partial charge in [-0.3, -0.25) is 29.5 Å². The standard InChI is InChI=1S/C37H42N10O3/c1-24(2)50-31-11-8-28(20-40-31)33(39)34-29(38)9-10-30(42-34)47-19-15-37(36(47)49)14-18-45(22-37)21-32(48)46-16-12-26(13-17-46)25-4-6-27(7-5-25)35-41-23-44(3)43-35/h4-12,20,23-24,39H,13-19,21-22,38H2,1-3H3/p+1/t37-/m0/s1. The Morgan fingerprint density at radius 3 is 2.48 bits per heavy atom. The third-order valence-corrected chi connectivity index (χ3v) is 9.83. The molecule has 0 bridgehead atoms. The Morgan fingerprint density at radius 1 is 1.02 bits per heavy atom. The average Bonchev–Trinajstić information content (AvgIpc) is 3.83. The second-order valence-electron chi connectivity index (χ2n) is 13.7. The molecular formula is C37H43N10O3+. The van der Waals surface area contributed by atoms with Gasteiger partial charge in [0.15, 0.2) is 11.5 Å². The maximum absolute atomic E-state index is 14.0. The molecule has 1 spiro atoms. The van der Waals surface area contributed by atoms with Crippen LogP contribution >= 0.6 is 0 Å². The minimum atomic E-state index is -0.541. The van der Waals surface area contributed by atoms with E-state index >= 15 is 0 Å². The number of aryl methyl sites for hydroxylation is 1. The molecule has 13 nitrogen and oxygen atoms in total. The van der Waals surface area contributed by atoms with E-state index in [4.69, 9.17) is 20.9 Å². The first-order valence-electron chi connectivity index (χ1n) is 17.1. The Morgan fingerprint density at radius 2 is 1.80 bits per heavy atom. The maximum atomic E-state index is 14.0. The number of hydrogen-bond donors (Lipinski definition) is 2. The average molecular weight is 676 g/mol. The fourth-order valence-corrected chi connectivity index (χ4v) is 7.08. The van der Waals surface area contributed by atoms with Gasteiger partial charge in [0.25, 0.3) is 0 Å². The minimum Gasteiger partial charge on any atom is -0.475 e. The summed E-state index contributed by atoms with van der Waals surface area (Å²) in [7, 11) is 1.85. The summed E-state index contributed by atoms with van der Waals surface area (Å²) in [6.07, 6.45) is 7.66. The van der Waals surface area contributed by atoms with Crippen LogP contribution in [-0.4, -0.2) is 97.4 Å². The largest absolute Gasteiger partial charge is 0.475 e. The summed E-state index contributed by atoms with van der Waals surface area (Å²) >= 11 is 0. The maximum Gasteiger partial charge on any atom is 0.237 e. The van der Waals surface area contributed by atoms with Crippen molar-refractivity contribution in [3.05, 3.63) is 84.0 Å². The van der Waals surface area contributed by atoms with Crippen LogP contribution in [0.5, 0.6) is 5.88 Å². The predicted molar refractivity (Wildman–Crippen MR) is 190 cm³/mol. The molecule has 1 atom stereocenters. The van der Waals surface area contributed by atoms with Gasteiger partial charge >= 0.3 is 0 Å². The first kappa shape index (κ1) is 33.1. The molecule has 2 amide bonds. The molecule has 0 radical (unpaired) electrons. The second kappa shape index (κ2) is 13.5. The Hall–Kier alpha value is -5.43. The van der Waals surface area contributed by atoms with Crippen LogP contribution in [0.4, 0.5) is 11.5 Å². The zero-order chi connectivity index (χ0) is 35.0. The summed E-state index contributed by atoms with van der Waals surface area (Å²) in [4.78, 5) is 46.5. The van der Waals surface area contributed by atoms with Crippen LogP contribution in [0.25, 0.3) is 17.0 Å². The third-order valence-electron chi connectivity index (χ3n) is 9.83. The Bertz CT molecular complexity index is 1950. The summed E-state index contributed by atoms with van der Waals surface area (Å²) in [5, 5.41) is 10.9. The molecule has 3 aliphatic heterocycles. The number of likely N-dealkylation sites (tertiary alicyclic amines) is 1. The van der Waals surface area contributed by atoms with Crippen molar-refractivity contribution in [3.63, 3.8) is 0 Å². The van der Waals surface area contributed by atoms with E-state index in [1.807, 2.05) is 44.0 Å². The number of pyridine rings is 2. The molecule has 4 aromatic rings. The van der Waals surface area contributed by atoms with Crippen molar-refractivity contribution in [2.24, 2.45) is 12.5 Å². The molecule has 1 aromatic carbocycles. The van der Waals surface area contributed by atoms with E-state index in [0.29, 0.717) is 92.3 Å². The fourth-order valence-electron chi connectivity index (χ4n) is 7.08. The van der Waals surface area contributed by atoms with Gasteiger partial charge in [0.2, 0.25) is 23.4 Å². The number of nitrogens with two attached hydrogens (primary N) is 2. The monoisotopic (exact) mass is 675 g/mol. The lowest BCUT2D eigenvalue weighted by atomic mass is 9.85. The topological polar surface area (TPSA) is 161 Å². The SMILES string of the molecule is CC(C)Oc1ccc(C(=[NH2+])c2nc(N3CC[C@]4(CCN(CC(=O)N5CC=C(c6ccc(-c7ncn(C)n7)cc6)CC5)C4)C3=O)ccc2N)cn1. The van der Waals surface area contributed by atoms with Crippen molar-refractivity contribution in [1.29, 1.82) is 0 Å². The van der Waals surface area contributed by atoms with E-state index in [0.717, 1.165) is 17.5 Å². The molecule has 7 rings (SSSR count). The molecule has 0 unspecified atom stereocenters. The Balaban J connectivity index is 0.951. The first-order valence-corrected chi connectivity index (χ1v) is 17.1. The van der Waals surface area contributed by atoms with Crippen molar-refractivity contribution < 1.29 is 19.7 Å². The molecule has 3 aromatic heterocycles. The smallest absolute Gasteiger partial charge is 0.237 e. The summed E-state index contributed by atoms with van der Waals surface area (Å²) in [6, 6.07) is 15.3. The molecule has 0 saturated carbocycles. The van der Waals surface area contributed by atoms with Gasteiger partial charge in [-0.25, -0.2) is 15.0 Å². The van der Waals surface area contributed by atoms with Crippen molar-refractivity contribution in [2.75, 3.05) is 49.9 Å². The minimum absolute atomic E-state index is 0.00518. The van der Waals surface area contributed by atoms with Gasteiger partial charge in [-0.05, 0) is 69.0 Å². The van der Waals surface area contributed by atoms with Gasteiger partial charge < -0.3 is 15.4 Å². The van der Waals surface area contributed by atoms with Crippen LogP contribution in [0.1, 0.15) is 49.9 Å². The van der Waals surface area contributed by atoms with Crippen LogP contribution in [0, 0.1) is 5.41 Å². The number of carbonyl (C=O) groups excluding carboxylic acids is 2. The van der Waals surface area contributed by atoms with E-state index in [9.17, 15) is 9.59 Å². The van der Waals surface area contributed by atoms with Gasteiger partial charge in [-0.1, -0.05) is 30.3 Å². The zero-order valence-corrected chi connectivity index (χ0v) is 28.7. The summed E-state index contributed by atoms with van der Waals surface area (Å²) in [5.41, 5.74) is 11.0. The molecule has 2 fully saturated rings. The Kier molecular flexibility index (Phi) is 8.91. The van der Waals surface area contributed by atoms with Crippen LogP contribution in [0.2, 0.25) is 0 Å². The highest BCUT2D eigenvalue weighted by atomic mass is 16.5. The number of aromatic nitrogens is 5. The number of hydrogen-bond acceptors (Lipinski definition) is 9. The van der Waals surface area contributed by atoms with E-state index in [2.05, 4.69) is 38.2 Å². The lowest BCUT2D eigenvalue weighted by molar-refractivity contribution is -0.132. The molecule has 6 heterocycles. The molecule has 2 saturated heterocycles. The Labute approximate surface area is 291 Å². The number of rotatable bonds is 9. The second-order valence-corrected chi connectivity index (χ2v) is 13.7. The lowest BCUT2D eigenvalue weighted by Gasteiger charge is -2.29. The summed E-state index contributed by atoms with van der Waals surface area (Å²) in [6.45, 7) is 7.19. The number of nitrogen functional groups attached to an aromatic ring is 1. The summed E-state index contributed by atoms with van der Waals surface area (Å²) < 4.78 is 7.33. The summed E-state index contributed by atoms with van der Waals surface area (Å²) in [5.74, 6) is 1.84. The van der Waals surface area contributed by atoms with Crippen molar-refractivity contribution in [1.82, 2.24) is 34.5 Å². The van der Waals surface area contributed by atoms with E-state index in [-0.39, 0.29) is 17.9 Å². The van der Waals surface area contributed by atoms with Crippen LogP contribution in [-0.2, 0) is 16.6 Å². The predicted octanol–water partition coefficient (Wildman–Crippen LogP) is 1.98. The molecule has 0 aliphatic carbocycles. The quantitative estimate of drug-likeness (QED) is 0.253. The fraction of sp³-hybridized carbons (Fsp3) is 0.378. The number of amides is 2. The van der Waals surface area contributed by atoms with Gasteiger partial charge in [0.1, 0.15) is 12.1 Å². The highest BCUT2D eigenvalue weighted by molar-refractivity contribution is 6.11. The van der Waals surface area contributed by atoms with Crippen molar-refractivity contribution in [2.45, 2.75) is 39.2 Å². The first-order chi connectivity index (χ1) is 24.1. The molecule has 13 heteroatoms. The molecule has 50 heavy (non-hydrogen) atoms. The van der Waals surface area contributed by atoms with Crippen molar-refractivity contribution >= 4 is 34.6 Å². The number of anilines is 2. The number of ether oxygens (including phenoxy) is 1. The van der Waals surface area contributed by atoms with Crippen LogP contribution in [0.3, 0.4) is 0 Å². The van der Waals surface area contributed by atoms with Gasteiger partial charge in [-0.15, -0.1) is 0 Å². The third kappa shape index (κ3) is 6.60.